The van der Waals surface area contributed by atoms with Crippen LogP contribution in [0.2, 0.25) is 0 Å². The quantitative estimate of drug-likeness (QED) is 0.614. The third-order valence-electron chi connectivity index (χ3n) is 2.65. The van der Waals surface area contributed by atoms with Crippen LogP contribution in [0.5, 0.6) is 0 Å². The van der Waals surface area contributed by atoms with E-state index in [1.54, 1.807) is 0 Å². The Morgan fingerprint density at radius 2 is 1.46 bits per heavy atom. The average Bonchev–Trinajstić information content (AvgIpc) is 1.82. The molecule has 0 amide bonds. The molecule has 0 aliphatic rings. The van der Waals surface area contributed by atoms with Gasteiger partial charge in [-0.1, -0.05) is 41.5 Å². The first-order valence-corrected chi connectivity index (χ1v) is 5.23. The molecule has 0 saturated heterocycles. The second-order valence-electron chi connectivity index (χ2n) is 6.32. The van der Waals surface area contributed by atoms with E-state index in [9.17, 15) is 4.39 Å². The standard InChI is InChI=1S/C12H25F/c1-11(2,3)8-7-10(9-13)12(4,5)6/h10H,7-9H2,1-6H3. The van der Waals surface area contributed by atoms with Gasteiger partial charge in [0.1, 0.15) is 0 Å². The van der Waals surface area contributed by atoms with E-state index in [0.717, 1.165) is 12.8 Å². The molecule has 0 rings (SSSR count). The molecule has 0 nitrogen and oxygen atoms in total. The second kappa shape index (κ2) is 4.43. The molecule has 0 saturated carbocycles. The summed E-state index contributed by atoms with van der Waals surface area (Å²) in [6.45, 7) is 12.8. The van der Waals surface area contributed by atoms with Crippen molar-refractivity contribution in [3.63, 3.8) is 0 Å². The van der Waals surface area contributed by atoms with Gasteiger partial charge in [0.05, 0.1) is 6.67 Å². The van der Waals surface area contributed by atoms with E-state index in [-0.39, 0.29) is 18.0 Å². The molecule has 0 aromatic carbocycles. The lowest BCUT2D eigenvalue weighted by Crippen LogP contribution is -2.24. The molecule has 13 heavy (non-hydrogen) atoms. The Morgan fingerprint density at radius 1 is 1.00 bits per heavy atom. The first-order valence-electron chi connectivity index (χ1n) is 5.23. The first kappa shape index (κ1) is 12.9. The Morgan fingerprint density at radius 3 is 1.69 bits per heavy atom. The van der Waals surface area contributed by atoms with Crippen LogP contribution in [0.1, 0.15) is 54.4 Å². The van der Waals surface area contributed by atoms with Crippen molar-refractivity contribution < 1.29 is 4.39 Å². The topological polar surface area (TPSA) is 0 Å². The molecular formula is C12H25F. The molecule has 1 heteroatoms. The van der Waals surface area contributed by atoms with Crippen molar-refractivity contribution in [1.29, 1.82) is 0 Å². The van der Waals surface area contributed by atoms with Gasteiger partial charge >= 0.3 is 0 Å². The smallest absolute Gasteiger partial charge is 0.0927 e. The summed E-state index contributed by atoms with van der Waals surface area (Å²) >= 11 is 0. The normalized spacial score (nSPS) is 15.9. The predicted molar refractivity (Wildman–Crippen MR) is 57.6 cm³/mol. The Kier molecular flexibility index (Phi) is 4.41. The van der Waals surface area contributed by atoms with E-state index < -0.39 is 0 Å². The highest BCUT2D eigenvalue weighted by Crippen LogP contribution is 2.33. The van der Waals surface area contributed by atoms with Crippen molar-refractivity contribution in [2.24, 2.45) is 16.7 Å². The zero-order valence-corrected chi connectivity index (χ0v) is 10.1. The van der Waals surface area contributed by atoms with Gasteiger partial charge in [0.2, 0.25) is 0 Å². The summed E-state index contributed by atoms with van der Waals surface area (Å²) in [4.78, 5) is 0. The molecule has 1 unspecified atom stereocenters. The van der Waals surface area contributed by atoms with Gasteiger partial charge in [-0.05, 0) is 29.6 Å². The maximum absolute atomic E-state index is 12.7. The van der Waals surface area contributed by atoms with Gasteiger partial charge in [0.25, 0.3) is 0 Å². The molecule has 0 radical (unpaired) electrons. The minimum Gasteiger partial charge on any atom is -0.251 e. The Bertz CT molecular complexity index is 136. The summed E-state index contributed by atoms with van der Waals surface area (Å²) in [5.41, 5.74) is 0.443. The van der Waals surface area contributed by atoms with Crippen LogP contribution in [0.3, 0.4) is 0 Å². The van der Waals surface area contributed by atoms with Gasteiger partial charge in [-0.25, -0.2) is 0 Å². The Balaban J connectivity index is 4.02. The largest absolute Gasteiger partial charge is 0.251 e. The average molecular weight is 188 g/mol. The van der Waals surface area contributed by atoms with Gasteiger partial charge in [-0.15, -0.1) is 0 Å². The number of hydrogen-bond acceptors (Lipinski definition) is 0. The fourth-order valence-electron chi connectivity index (χ4n) is 1.35. The molecule has 1 atom stereocenters. The molecule has 0 heterocycles. The first-order chi connectivity index (χ1) is 5.67. The van der Waals surface area contributed by atoms with E-state index in [1.165, 1.54) is 0 Å². The van der Waals surface area contributed by atoms with Crippen molar-refractivity contribution in [3.05, 3.63) is 0 Å². The fourth-order valence-corrected chi connectivity index (χ4v) is 1.35. The number of rotatable bonds is 3. The predicted octanol–water partition coefficient (Wildman–Crippen LogP) is 4.44. The molecule has 0 aromatic heterocycles. The zero-order chi connectivity index (χ0) is 10.7. The van der Waals surface area contributed by atoms with Crippen LogP contribution in [0.4, 0.5) is 4.39 Å². The monoisotopic (exact) mass is 188 g/mol. The van der Waals surface area contributed by atoms with Crippen LogP contribution in [0.25, 0.3) is 0 Å². The van der Waals surface area contributed by atoms with Gasteiger partial charge in [-0.2, -0.15) is 0 Å². The number of hydrogen-bond donors (Lipinski definition) is 0. The van der Waals surface area contributed by atoms with Gasteiger partial charge in [0, 0.05) is 0 Å². The highest BCUT2D eigenvalue weighted by Gasteiger charge is 2.25. The van der Waals surface area contributed by atoms with Crippen molar-refractivity contribution in [3.8, 4) is 0 Å². The van der Waals surface area contributed by atoms with E-state index in [0.29, 0.717) is 5.41 Å². The summed E-state index contributed by atoms with van der Waals surface area (Å²) < 4.78 is 12.7. The van der Waals surface area contributed by atoms with Crippen LogP contribution < -0.4 is 0 Å². The number of alkyl halides is 1. The minimum atomic E-state index is -0.181. The molecule has 0 fully saturated rings. The lowest BCUT2D eigenvalue weighted by Gasteiger charge is -2.30. The van der Waals surface area contributed by atoms with Gasteiger partial charge < -0.3 is 0 Å². The minimum absolute atomic E-state index is 0.111. The molecule has 0 aliphatic carbocycles. The van der Waals surface area contributed by atoms with E-state index in [4.69, 9.17) is 0 Å². The van der Waals surface area contributed by atoms with Crippen LogP contribution >= 0.6 is 0 Å². The Hall–Kier alpha value is -0.0700. The van der Waals surface area contributed by atoms with Crippen LogP contribution in [0.15, 0.2) is 0 Å². The highest BCUT2D eigenvalue weighted by molar-refractivity contribution is 4.75. The van der Waals surface area contributed by atoms with Crippen LogP contribution in [-0.2, 0) is 0 Å². The third kappa shape index (κ3) is 6.06. The van der Waals surface area contributed by atoms with Crippen molar-refractivity contribution >= 4 is 0 Å². The van der Waals surface area contributed by atoms with Gasteiger partial charge in [0.15, 0.2) is 0 Å². The molecular weight excluding hydrogens is 163 g/mol. The second-order valence-corrected chi connectivity index (χ2v) is 6.32. The lowest BCUT2D eigenvalue weighted by molar-refractivity contribution is 0.159. The fraction of sp³-hybridized carbons (Fsp3) is 1.00. The summed E-state index contributed by atoms with van der Waals surface area (Å²) in [6.07, 6.45) is 2.11. The molecule has 0 aliphatic heterocycles. The molecule has 0 spiro atoms. The van der Waals surface area contributed by atoms with Crippen molar-refractivity contribution in [2.45, 2.75) is 54.4 Å². The zero-order valence-electron chi connectivity index (χ0n) is 10.1. The van der Waals surface area contributed by atoms with E-state index in [2.05, 4.69) is 41.5 Å². The van der Waals surface area contributed by atoms with E-state index in [1.807, 2.05) is 0 Å². The third-order valence-corrected chi connectivity index (χ3v) is 2.65. The maximum Gasteiger partial charge on any atom is 0.0927 e. The Labute approximate surface area is 82.9 Å². The summed E-state index contributed by atoms with van der Waals surface area (Å²) in [6, 6.07) is 0. The number of halogens is 1. The summed E-state index contributed by atoms with van der Waals surface area (Å²) in [5.74, 6) is 0.215. The van der Waals surface area contributed by atoms with E-state index >= 15 is 0 Å². The summed E-state index contributed by atoms with van der Waals surface area (Å²) in [7, 11) is 0. The van der Waals surface area contributed by atoms with Crippen molar-refractivity contribution in [1.82, 2.24) is 0 Å². The van der Waals surface area contributed by atoms with Crippen LogP contribution in [-0.4, -0.2) is 6.67 Å². The molecule has 0 aromatic rings. The highest BCUT2D eigenvalue weighted by atomic mass is 19.1. The lowest BCUT2D eigenvalue weighted by atomic mass is 9.76. The van der Waals surface area contributed by atoms with Crippen molar-refractivity contribution in [2.75, 3.05) is 6.67 Å². The molecule has 0 N–H and O–H groups in total. The maximum atomic E-state index is 12.7. The summed E-state index contributed by atoms with van der Waals surface area (Å²) in [5, 5.41) is 0. The van der Waals surface area contributed by atoms with Crippen LogP contribution in [0, 0.1) is 16.7 Å². The molecule has 0 bridgehead atoms. The SMILES string of the molecule is CC(C)(C)CCC(CF)C(C)(C)C. The molecule has 80 valence electrons. The van der Waals surface area contributed by atoms with Gasteiger partial charge in [-0.3, -0.25) is 4.39 Å².